The highest BCUT2D eigenvalue weighted by molar-refractivity contribution is 5.68. The lowest BCUT2D eigenvalue weighted by atomic mass is 10.0. The zero-order valence-corrected chi connectivity index (χ0v) is 8.29. The molecule has 0 saturated heterocycles. The van der Waals surface area contributed by atoms with E-state index >= 15 is 0 Å². The van der Waals surface area contributed by atoms with Gasteiger partial charge in [-0.3, -0.25) is 0 Å². The van der Waals surface area contributed by atoms with Crippen LogP contribution in [0.1, 0.15) is 25.7 Å². The van der Waals surface area contributed by atoms with Crippen molar-refractivity contribution in [2.24, 2.45) is 0 Å². The molecule has 0 spiro atoms. The molecule has 0 aromatic heterocycles. The Morgan fingerprint density at radius 3 is 2.93 bits per heavy atom. The smallest absolute Gasteiger partial charge is 0.329 e. The fourth-order valence-corrected chi connectivity index (χ4v) is 1.47. The zero-order chi connectivity index (χ0) is 11.3. The molecule has 0 fully saturated rings. The molecule has 1 aliphatic carbocycles. The first kappa shape index (κ1) is 12.1. The number of alkyl halides is 2. The van der Waals surface area contributed by atoms with Crippen LogP contribution in [0.5, 0.6) is 0 Å². The van der Waals surface area contributed by atoms with E-state index in [2.05, 4.69) is 0 Å². The zero-order valence-electron chi connectivity index (χ0n) is 8.29. The molecule has 1 unspecified atom stereocenters. The highest BCUT2D eigenvalue weighted by atomic mass is 19.3. The number of halogens is 2. The average Bonchev–Trinajstić information content (AvgIpc) is 2.12. The van der Waals surface area contributed by atoms with Gasteiger partial charge in [0.1, 0.15) is 6.61 Å². The summed E-state index contributed by atoms with van der Waals surface area (Å²) in [4.78, 5) is 10.2. The van der Waals surface area contributed by atoms with Crippen molar-refractivity contribution in [3.8, 4) is 0 Å². The molecule has 0 radical (unpaired) electrons. The molecular weight excluding hydrogens is 206 g/mol. The first-order valence-electron chi connectivity index (χ1n) is 4.88. The first-order valence-corrected chi connectivity index (χ1v) is 4.88. The summed E-state index contributed by atoms with van der Waals surface area (Å²) in [6.45, 7) is -0.417. The van der Waals surface area contributed by atoms with Gasteiger partial charge >= 0.3 is 5.97 Å². The number of hydrogen-bond acceptors (Lipinski definition) is 2. The maximum Gasteiger partial charge on any atom is 0.329 e. The van der Waals surface area contributed by atoms with Crippen LogP contribution in [-0.4, -0.2) is 29.7 Å². The average molecular weight is 220 g/mol. The number of aliphatic carboxylic acids is 1. The Balaban J connectivity index is 2.42. The molecule has 5 heteroatoms. The summed E-state index contributed by atoms with van der Waals surface area (Å²) in [5, 5.41) is 8.39. The van der Waals surface area contributed by atoms with Crippen LogP contribution in [0.15, 0.2) is 12.2 Å². The first-order chi connectivity index (χ1) is 6.99. The minimum Gasteiger partial charge on any atom is -0.480 e. The molecule has 0 aromatic rings. The Morgan fingerprint density at radius 1 is 1.53 bits per heavy atom. The van der Waals surface area contributed by atoms with Gasteiger partial charge in [-0.05, 0) is 25.3 Å². The van der Waals surface area contributed by atoms with Crippen molar-refractivity contribution in [1.29, 1.82) is 0 Å². The van der Waals surface area contributed by atoms with Crippen LogP contribution in [0.25, 0.3) is 0 Å². The Hall–Kier alpha value is -0.970. The second-order valence-corrected chi connectivity index (χ2v) is 3.61. The largest absolute Gasteiger partial charge is 0.480 e. The molecule has 0 aromatic carbocycles. The fraction of sp³-hybridized carbons (Fsp3) is 0.700. The summed E-state index contributed by atoms with van der Waals surface area (Å²) in [7, 11) is 0. The van der Waals surface area contributed by atoms with Gasteiger partial charge in [0.15, 0.2) is 0 Å². The SMILES string of the molecule is O=C(O)COC1CC/C=C\C(F)(F)CC1. The maximum absolute atomic E-state index is 13.0. The molecule has 0 aliphatic heterocycles. The molecule has 3 nitrogen and oxygen atoms in total. The van der Waals surface area contributed by atoms with Crippen molar-refractivity contribution in [3.63, 3.8) is 0 Å². The van der Waals surface area contributed by atoms with Crippen LogP contribution in [0.3, 0.4) is 0 Å². The number of carboxylic acids is 1. The Labute approximate surface area is 86.7 Å². The van der Waals surface area contributed by atoms with Gasteiger partial charge in [0.05, 0.1) is 6.10 Å². The van der Waals surface area contributed by atoms with Crippen molar-refractivity contribution in [2.75, 3.05) is 6.61 Å². The Kier molecular flexibility index (Phi) is 4.20. The molecule has 1 aliphatic rings. The number of ether oxygens (including phenoxy) is 1. The van der Waals surface area contributed by atoms with Crippen LogP contribution < -0.4 is 0 Å². The molecule has 1 N–H and O–H groups in total. The quantitative estimate of drug-likeness (QED) is 0.742. The standard InChI is InChI=1S/C10H14F2O3/c11-10(12)5-2-1-3-8(4-6-10)15-7-9(13)14/h2,5,8H,1,3-4,6-7H2,(H,13,14)/b5-2-. The van der Waals surface area contributed by atoms with Crippen LogP contribution in [0.2, 0.25) is 0 Å². The second-order valence-electron chi connectivity index (χ2n) is 3.61. The minimum atomic E-state index is -2.79. The lowest BCUT2D eigenvalue weighted by Crippen LogP contribution is -2.23. The van der Waals surface area contributed by atoms with E-state index in [4.69, 9.17) is 9.84 Å². The number of rotatable bonds is 3. The third-order valence-electron chi connectivity index (χ3n) is 2.26. The highest BCUT2D eigenvalue weighted by Crippen LogP contribution is 2.27. The van der Waals surface area contributed by atoms with E-state index in [-0.39, 0.29) is 18.9 Å². The molecule has 15 heavy (non-hydrogen) atoms. The molecule has 0 bridgehead atoms. The van der Waals surface area contributed by atoms with E-state index in [1.807, 2.05) is 0 Å². The third kappa shape index (κ3) is 4.88. The predicted molar refractivity (Wildman–Crippen MR) is 49.9 cm³/mol. The number of carboxylic acid groups (broad SMARTS) is 1. The van der Waals surface area contributed by atoms with Gasteiger partial charge < -0.3 is 9.84 Å². The summed E-state index contributed by atoms with van der Waals surface area (Å²) in [5.74, 6) is -3.86. The molecular formula is C10H14F2O3. The van der Waals surface area contributed by atoms with E-state index in [1.165, 1.54) is 6.08 Å². The number of allylic oxidation sites excluding steroid dienone is 2. The molecule has 0 saturated carbocycles. The third-order valence-corrected chi connectivity index (χ3v) is 2.26. The molecule has 1 rings (SSSR count). The van der Waals surface area contributed by atoms with Crippen molar-refractivity contribution >= 4 is 5.97 Å². The van der Waals surface area contributed by atoms with Crippen LogP contribution in [-0.2, 0) is 9.53 Å². The van der Waals surface area contributed by atoms with Gasteiger partial charge in [-0.25, -0.2) is 13.6 Å². The lowest BCUT2D eigenvalue weighted by molar-refractivity contribution is -0.144. The van der Waals surface area contributed by atoms with Gasteiger partial charge in [-0.2, -0.15) is 0 Å². The molecule has 1 atom stereocenters. The maximum atomic E-state index is 13.0. The summed E-state index contributed by atoms with van der Waals surface area (Å²) < 4.78 is 30.9. The van der Waals surface area contributed by atoms with E-state index in [1.54, 1.807) is 0 Å². The van der Waals surface area contributed by atoms with Crippen molar-refractivity contribution in [1.82, 2.24) is 0 Å². The topological polar surface area (TPSA) is 46.5 Å². The van der Waals surface area contributed by atoms with Crippen molar-refractivity contribution in [3.05, 3.63) is 12.2 Å². The normalized spacial score (nSPS) is 27.7. The summed E-state index contributed by atoms with van der Waals surface area (Å²) >= 11 is 0. The van der Waals surface area contributed by atoms with Gasteiger partial charge in [-0.1, -0.05) is 6.08 Å². The number of hydrogen-bond donors (Lipinski definition) is 1. The molecule has 0 heterocycles. The van der Waals surface area contributed by atoms with Crippen LogP contribution >= 0.6 is 0 Å². The summed E-state index contributed by atoms with van der Waals surface area (Å²) in [6, 6.07) is 0. The van der Waals surface area contributed by atoms with Gasteiger partial charge in [0, 0.05) is 6.42 Å². The Morgan fingerprint density at radius 2 is 2.27 bits per heavy atom. The van der Waals surface area contributed by atoms with Crippen LogP contribution in [0, 0.1) is 0 Å². The van der Waals surface area contributed by atoms with E-state index in [0.29, 0.717) is 12.8 Å². The number of carbonyl (C=O) groups is 1. The summed E-state index contributed by atoms with van der Waals surface area (Å²) in [5.41, 5.74) is 0. The lowest BCUT2D eigenvalue weighted by Gasteiger charge is -2.21. The molecule has 86 valence electrons. The monoisotopic (exact) mass is 220 g/mol. The second kappa shape index (κ2) is 5.21. The summed E-state index contributed by atoms with van der Waals surface area (Å²) in [6.07, 6.45) is 2.98. The van der Waals surface area contributed by atoms with Crippen molar-refractivity contribution in [2.45, 2.75) is 37.7 Å². The van der Waals surface area contributed by atoms with Gasteiger partial charge in [-0.15, -0.1) is 0 Å². The van der Waals surface area contributed by atoms with E-state index < -0.39 is 18.5 Å². The molecule has 0 amide bonds. The van der Waals surface area contributed by atoms with Gasteiger partial charge in [0.25, 0.3) is 5.92 Å². The highest BCUT2D eigenvalue weighted by Gasteiger charge is 2.28. The van der Waals surface area contributed by atoms with Crippen LogP contribution in [0.4, 0.5) is 8.78 Å². The fourth-order valence-electron chi connectivity index (χ4n) is 1.47. The Bertz CT molecular complexity index is 251. The van der Waals surface area contributed by atoms with Crippen molar-refractivity contribution < 1.29 is 23.4 Å². The van der Waals surface area contributed by atoms with E-state index in [9.17, 15) is 13.6 Å². The van der Waals surface area contributed by atoms with Gasteiger partial charge in [0.2, 0.25) is 0 Å². The minimum absolute atomic E-state index is 0.199. The van der Waals surface area contributed by atoms with E-state index in [0.717, 1.165) is 6.08 Å². The predicted octanol–water partition coefficient (Wildman–Crippen LogP) is 2.22.